The van der Waals surface area contributed by atoms with Crippen molar-refractivity contribution >= 4 is 5.91 Å². The first-order valence-corrected chi connectivity index (χ1v) is 6.00. The first-order chi connectivity index (χ1) is 8.57. The molecule has 98 valence electrons. The lowest BCUT2D eigenvalue weighted by Gasteiger charge is -2.31. The third-order valence-electron chi connectivity index (χ3n) is 3.09. The van der Waals surface area contributed by atoms with Gasteiger partial charge in [-0.2, -0.15) is 0 Å². The van der Waals surface area contributed by atoms with Crippen molar-refractivity contribution in [2.75, 3.05) is 19.8 Å². The summed E-state index contributed by atoms with van der Waals surface area (Å²) in [6.07, 6.45) is -0.261. The first-order valence-electron chi connectivity index (χ1n) is 6.00. The Morgan fingerprint density at radius 1 is 1.22 bits per heavy atom. The summed E-state index contributed by atoms with van der Waals surface area (Å²) in [7, 11) is 0. The number of rotatable bonds is 3. The Kier molecular flexibility index (Phi) is 3.91. The number of carbonyl (C=O) groups is 1. The molecule has 2 rings (SSSR count). The Balaban J connectivity index is 1.78. The topological polar surface area (TPSA) is 32.3 Å². The molecule has 1 aromatic rings. The number of nitrogens with one attached hydrogen (secondary N) is 1. The molecular weight excluding hydrogens is 238 g/mol. The van der Waals surface area contributed by atoms with Gasteiger partial charge in [-0.3, -0.25) is 9.69 Å². The van der Waals surface area contributed by atoms with E-state index >= 15 is 0 Å². The summed E-state index contributed by atoms with van der Waals surface area (Å²) in [5.74, 6) is -2.71. The number of amides is 1. The zero-order chi connectivity index (χ0) is 13.0. The molecule has 1 amide bonds. The van der Waals surface area contributed by atoms with E-state index in [2.05, 4.69) is 5.32 Å². The van der Waals surface area contributed by atoms with Crippen molar-refractivity contribution in [2.24, 2.45) is 0 Å². The molecule has 0 saturated carbocycles. The molecule has 0 aromatic heterocycles. The third-order valence-corrected chi connectivity index (χ3v) is 3.09. The van der Waals surface area contributed by atoms with Crippen LogP contribution in [0.5, 0.6) is 0 Å². The van der Waals surface area contributed by atoms with Crippen molar-refractivity contribution in [1.29, 1.82) is 0 Å². The summed E-state index contributed by atoms with van der Waals surface area (Å²) in [5, 5.41) is 2.74. The number of nitrogens with zero attached hydrogens (tertiary/aromatic N) is 1. The van der Waals surface area contributed by atoms with E-state index in [4.69, 9.17) is 0 Å². The molecule has 0 unspecified atom stereocenters. The normalized spacial score (nSPS) is 19.4. The van der Waals surface area contributed by atoms with Gasteiger partial charge >= 0.3 is 0 Å². The molecule has 0 radical (unpaired) electrons. The van der Waals surface area contributed by atoms with Crippen LogP contribution < -0.4 is 5.32 Å². The first kappa shape index (κ1) is 13.0. The SMILES string of the molecule is O=C(NCN1CCC(F)(F)CC1)c1ccccc1. The van der Waals surface area contributed by atoms with Gasteiger partial charge in [0.1, 0.15) is 0 Å². The maximum atomic E-state index is 12.9. The summed E-state index contributed by atoms with van der Waals surface area (Å²) >= 11 is 0. The van der Waals surface area contributed by atoms with Gasteiger partial charge in [0.05, 0.1) is 6.67 Å². The minimum Gasteiger partial charge on any atom is -0.339 e. The second-order valence-corrected chi connectivity index (χ2v) is 4.50. The van der Waals surface area contributed by atoms with E-state index in [1.54, 1.807) is 24.3 Å². The molecule has 3 nitrogen and oxygen atoms in total. The van der Waals surface area contributed by atoms with Crippen molar-refractivity contribution < 1.29 is 13.6 Å². The minimum absolute atomic E-state index is 0.131. The van der Waals surface area contributed by atoms with Gasteiger partial charge in [0, 0.05) is 31.5 Å². The van der Waals surface area contributed by atoms with Crippen molar-refractivity contribution in [3.05, 3.63) is 35.9 Å². The summed E-state index contributed by atoms with van der Waals surface area (Å²) in [4.78, 5) is 13.6. The van der Waals surface area contributed by atoms with Crippen molar-refractivity contribution in [2.45, 2.75) is 18.8 Å². The maximum Gasteiger partial charge on any atom is 0.252 e. The van der Waals surface area contributed by atoms with Crippen LogP contribution in [0.25, 0.3) is 0 Å². The fourth-order valence-electron chi connectivity index (χ4n) is 1.91. The van der Waals surface area contributed by atoms with Crippen molar-refractivity contribution in [1.82, 2.24) is 10.2 Å². The molecule has 1 fully saturated rings. The number of alkyl halides is 2. The second kappa shape index (κ2) is 5.44. The monoisotopic (exact) mass is 254 g/mol. The van der Waals surface area contributed by atoms with E-state index < -0.39 is 5.92 Å². The number of halogens is 2. The van der Waals surface area contributed by atoms with Gasteiger partial charge in [-0.25, -0.2) is 8.78 Å². The minimum atomic E-state index is -2.54. The lowest BCUT2D eigenvalue weighted by molar-refractivity contribution is -0.0557. The molecule has 1 N–H and O–H groups in total. The van der Waals surface area contributed by atoms with Crippen LogP contribution in [0.4, 0.5) is 8.78 Å². The molecule has 0 bridgehead atoms. The van der Waals surface area contributed by atoms with Crippen LogP contribution in [0.15, 0.2) is 30.3 Å². The van der Waals surface area contributed by atoms with Crippen LogP contribution in [-0.2, 0) is 0 Å². The summed E-state index contributed by atoms with van der Waals surface area (Å²) < 4.78 is 25.9. The van der Waals surface area contributed by atoms with Crippen LogP contribution >= 0.6 is 0 Å². The van der Waals surface area contributed by atoms with Gasteiger partial charge in [0.25, 0.3) is 11.8 Å². The number of hydrogen-bond donors (Lipinski definition) is 1. The van der Waals surface area contributed by atoms with E-state index in [-0.39, 0.29) is 18.7 Å². The molecule has 1 aliphatic heterocycles. The van der Waals surface area contributed by atoms with Gasteiger partial charge in [-0.15, -0.1) is 0 Å². The largest absolute Gasteiger partial charge is 0.339 e. The number of piperidine rings is 1. The average molecular weight is 254 g/mol. The maximum absolute atomic E-state index is 12.9. The van der Waals surface area contributed by atoms with Crippen LogP contribution in [0.1, 0.15) is 23.2 Å². The van der Waals surface area contributed by atoms with E-state index in [0.717, 1.165) is 0 Å². The Labute approximate surface area is 105 Å². The lowest BCUT2D eigenvalue weighted by atomic mass is 10.1. The van der Waals surface area contributed by atoms with Gasteiger partial charge < -0.3 is 5.32 Å². The molecule has 1 aliphatic rings. The summed E-state index contributed by atoms with van der Waals surface area (Å²) in [5.41, 5.74) is 0.583. The highest BCUT2D eigenvalue weighted by atomic mass is 19.3. The lowest BCUT2D eigenvalue weighted by Crippen LogP contribution is -2.45. The summed E-state index contributed by atoms with van der Waals surface area (Å²) in [6.45, 7) is 0.966. The zero-order valence-corrected chi connectivity index (χ0v) is 10.0. The van der Waals surface area contributed by atoms with Gasteiger partial charge in [-0.1, -0.05) is 18.2 Å². The predicted molar refractivity (Wildman–Crippen MR) is 64.5 cm³/mol. The highest BCUT2D eigenvalue weighted by Crippen LogP contribution is 2.27. The van der Waals surface area contributed by atoms with Gasteiger partial charge in [-0.05, 0) is 12.1 Å². The summed E-state index contributed by atoms with van der Waals surface area (Å²) in [6, 6.07) is 8.86. The molecule has 0 aliphatic carbocycles. The highest BCUT2D eigenvalue weighted by Gasteiger charge is 2.33. The fraction of sp³-hybridized carbons (Fsp3) is 0.462. The second-order valence-electron chi connectivity index (χ2n) is 4.50. The van der Waals surface area contributed by atoms with Crippen LogP contribution in [-0.4, -0.2) is 36.5 Å². The fourth-order valence-corrected chi connectivity index (χ4v) is 1.91. The van der Waals surface area contributed by atoms with Gasteiger partial charge in [0.15, 0.2) is 0 Å². The number of hydrogen-bond acceptors (Lipinski definition) is 2. The van der Waals surface area contributed by atoms with Gasteiger partial charge in [0.2, 0.25) is 0 Å². The Morgan fingerprint density at radius 2 is 1.83 bits per heavy atom. The van der Waals surface area contributed by atoms with E-state index in [1.165, 1.54) is 0 Å². The van der Waals surface area contributed by atoms with Crippen LogP contribution in [0, 0.1) is 0 Å². The molecule has 0 atom stereocenters. The Hall–Kier alpha value is -1.49. The molecule has 0 spiro atoms. The standard InChI is InChI=1S/C13H16F2N2O/c14-13(15)6-8-17(9-7-13)10-16-12(18)11-4-2-1-3-5-11/h1-5H,6-10H2,(H,16,18). The molecule has 1 heterocycles. The third kappa shape index (κ3) is 3.50. The smallest absolute Gasteiger partial charge is 0.252 e. The number of likely N-dealkylation sites (tertiary alicyclic amines) is 1. The van der Waals surface area contributed by atoms with E-state index in [9.17, 15) is 13.6 Å². The van der Waals surface area contributed by atoms with E-state index in [1.807, 2.05) is 11.0 Å². The zero-order valence-electron chi connectivity index (χ0n) is 10.0. The van der Waals surface area contributed by atoms with Crippen LogP contribution in [0.2, 0.25) is 0 Å². The predicted octanol–water partition coefficient (Wildman–Crippen LogP) is 2.11. The molecule has 1 saturated heterocycles. The Bertz CT molecular complexity index is 399. The molecule has 18 heavy (non-hydrogen) atoms. The average Bonchev–Trinajstić information content (AvgIpc) is 2.38. The quantitative estimate of drug-likeness (QED) is 0.896. The number of carbonyl (C=O) groups excluding carboxylic acids is 1. The molecule has 5 heteroatoms. The molecular formula is C13H16F2N2O. The van der Waals surface area contributed by atoms with Crippen LogP contribution in [0.3, 0.4) is 0 Å². The Morgan fingerprint density at radius 3 is 2.44 bits per heavy atom. The van der Waals surface area contributed by atoms with E-state index in [0.29, 0.717) is 25.3 Å². The number of benzene rings is 1. The van der Waals surface area contributed by atoms with Crippen molar-refractivity contribution in [3.8, 4) is 0 Å². The highest BCUT2D eigenvalue weighted by molar-refractivity contribution is 5.94. The molecule has 1 aromatic carbocycles. The van der Waals surface area contributed by atoms with Crippen molar-refractivity contribution in [3.63, 3.8) is 0 Å².